The van der Waals surface area contributed by atoms with E-state index in [1.807, 2.05) is 31.7 Å². The van der Waals surface area contributed by atoms with Crippen LogP contribution in [-0.2, 0) is 12.8 Å². The molecule has 0 bridgehead atoms. The molecule has 7 nitrogen and oxygen atoms in total. The first-order valence-electron chi connectivity index (χ1n) is 11.1. The average molecular weight is 478 g/mol. The van der Waals surface area contributed by atoms with Gasteiger partial charge in [-0.25, -0.2) is 15.0 Å². The van der Waals surface area contributed by atoms with E-state index in [1.165, 1.54) is 23.0 Å². The number of halogens is 1. The molecule has 5 heterocycles. The number of pyridine rings is 2. The summed E-state index contributed by atoms with van der Waals surface area (Å²) in [6.45, 7) is 3.98. The standard InChI is InChI=1S/C24H24ClN7S/c1-15-21-19(33-18-4-8-28-22(26)20(18)25)13-29-23(32(21)14-30-15)31-9-5-24(6-10-31)11-16-3-2-7-27-17(16)12-24/h2-4,7-8,13-14H,5-6,9-12H2,1H3,(H2,26,28). The summed E-state index contributed by atoms with van der Waals surface area (Å²) in [4.78, 5) is 22.4. The summed E-state index contributed by atoms with van der Waals surface area (Å²) in [5, 5.41) is 0.468. The van der Waals surface area contributed by atoms with E-state index >= 15 is 0 Å². The highest BCUT2D eigenvalue weighted by molar-refractivity contribution is 7.99. The van der Waals surface area contributed by atoms with E-state index in [4.69, 9.17) is 22.3 Å². The van der Waals surface area contributed by atoms with Crippen LogP contribution in [0.1, 0.15) is 29.8 Å². The molecule has 0 amide bonds. The lowest BCUT2D eigenvalue weighted by atomic mass is 9.76. The molecule has 1 fully saturated rings. The Kier molecular flexibility index (Phi) is 4.96. The minimum absolute atomic E-state index is 0.332. The number of piperidine rings is 1. The number of rotatable bonds is 3. The van der Waals surface area contributed by atoms with Crippen LogP contribution in [0.2, 0.25) is 5.02 Å². The van der Waals surface area contributed by atoms with Gasteiger partial charge in [0, 0.05) is 42.3 Å². The van der Waals surface area contributed by atoms with Crippen LogP contribution >= 0.6 is 23.4 Å². The second kappa shape index (κ2) is 7.88. The molecule has 6 rings (SSSR count). The molecule has 4 aromatic heterocycles. The van der Waals surface area contributed by atoms with Crippen molar-refractivity contribution in [1.82, 2.24) is 24.3 Å². The molecule has 0 unspecified atom stereocenters. The highest BCUT2D eigenvalue weighted by atomic mass is 35.5. The normalized spacial score (nSPS) is 17.1. The number of aromatic nitrogens is 5. The van der Waals surface area contributed by atoms with E-state index < -0.39 is 0 Å². The van der Waals surface area contributed by atoms with Gasteiger partial charge in [-0.3, -0.25) is 9.38 Å². The third-order valence-electron chi connectivity index (χ3n) is 7.00. The second-order valence-corrected chi connectivity index (χ2v) is 10.5. The molecule has 33 heavy (non-hydrogen) atoms. The Balaban J connectivity index is 1.27. The van der Waals surface area contributed by atoms with Crippen molar-refractivity contribution in [3.05, 3.63) is 65.1 Å². The summed E-state index contributed by atoms with van der Waals surface area (Å²) in [7, 11) is 0. The molecule has 0 atom stereocenters. The maximum atomic E-state index is 6.39. The van der Waals surface area contributed by atoms with Crippen molar-refractivity contribution in [1.29, 1.82) is 0 Å². The van der Waals surface area contributed by atoms with Gasteiger partial charge in [0.25, 0.3) is 0 Å². The fourth-order valence-corrected chi connectivity index (χ4v) is 6.46. The molecule has 0 aromatic carbocycles. The van der Waals surface area contributed by atoms with Crippen LogP contribution in [0.4, 0.5) is 11.8 Å². The van der Waals surface area contributed by atoms with Crippen molar-refractivity contribution in [2.24, 2.45) is 5.41 Å². The zero-order chi connectivity index (χ0) is 22.6. The Morgan fingerprint density at radius 1 is 1.03 bits per heavy atom. The number of imidazole rings is 1. The molecule has 0 saturated carbocycles. The van der Waals surface area contributed by atoms with Gasteiger partial charge in [0.1, 0.15) is 12.1 Å². The number of fused-ring (bicyclic) bond motifs is 2. The maximum Gasteiger partial charge on any atom is 0.211 e. The Morgan fingerprint density at radius 3 is 2.70 bits per heavy atom. The molecule has 1 spiro atoms. The lowest BCUT2D eigenvalue weighted by Crippen LogP contribution is -2.41. The van der Waals surface area contributed by atoms with Crippen LogP contribution in [0.15, 0.2) is 52.9 Å². The Hall–Kier alpha value is -2.84. The number of anilines is 2. The Labute approximate surface area is 201 Å². The van der Waals surface area contributed by atoms with Crippen molar-refractivity contribution < 1.29 is 0 Å². The van der Waals surface area contributed by atoms with Gasteiger partial charge in [-0.05, 0) is 55.7 Å². The first-order chi connectivity index (χ1) is 16.0. The topological polar surface area (TPSA) is 85.2 Å². The van der Waals surface area contributed by atoms with E-state index in [-0.39, 0.29) is 0 Å². The van der Waals surface area contributed by atoms with E-state index in [0.29, 0.717) is 16.3 Å². The van der Waals surface area contributed by atoms with Gasteiger partial charge in [-0.2, -0.15) is 0 Å². The summed E-state index contributed by atoms with van der Waals surface area (Å²) in [6, 6.07) is 6.17. The van der Waals surface area contributed by atoms with Crippen molar-refractivity contribution in [3.63, 3.8) is 0 Å². The zero-order valence-corrected chi connectivity index (χ0v) is 19.9. The first kappa shape index (κ1) is 20.7. The third kappa shape index (κ3) is 3.52. The number of hydrogen-bond acceptors (Lipinski definition) is 7. The van der Waals surface area contributed by atoms with Gasteiger partial charge in [0.15, 0.2) is 0 Å². The molecule has 2 aliphatic rings. The predicted octanol–water partition coefficient (Wildman–Crippen LogP) is 4.60. The average Bonchev–Trinajstić information content (AvgIpc) is 3.38. The van der Waals surface area contributed by atoms with Gasteiger partial charge >= 0.3 is 0 Å². The molecule has 1 aliphatic heterocycles. The number of hydrogen-bond donors (Lipinski definition) is 1. The van der Waals surface area contributed by atoms with Gasteiger partial charge in [-0.15, -0.1) is 0 Å². The molecule has 2 N–H and O–H groups in total. The van der Waals surface area contributed by atoms with Gasteiger partial charge in [-0.1, -0.05) is 29.4 Å². The van der Waals surface area contributed by atoms with E-state index in [1.54, 1.807) is 6.20 Å². The van der Waals surface area contributed by atoms with Crippen LogP contribution in [0.3, 0.4) is 0 Å². The fraction of sp³-hybridized carbons (Fsp3) is 0.333. The van der Waals surface area contributed by atoms with Crippen molar-refractivity contribution in [2.45, 2.75) is 42.4 Å². The van der Waals surface area contributed by atoms with Crippen LogP contribution < -0.4 is 10.6 Å². The minimum atomic E-state index is 0.332. The number of nitrogens with zero attached hydrogens (tertiary/aromatic N) is 6. The molecule has 0 radical (unpaired) electrons. The third-order valence-corrected chi connectivity index (χ3v) is 8.58. The molecular formula is C24H24ClN7S. The molecule has 1 aliphatic carbocycles. The lowest BCUT2D eigenvalue weighted by molar-refractivity contribution is 0.230. The first-order valence-corrected chi connectivity index (χ1v) is 12.3. The summed E-state index contributed by atoms with van der Waals surface area (Å²) in [5.74, 6) is 1.28. The molecule has 168 valence electrons. The minimum Gasteiger partial charge on any atom is -0.382 e. The molecule has 9 heteroatoms. The van der Waals surface area contributed by atoms with Crippen molar-refractivity contribution >= 4 is 40.6 Å². The summed E-state index contributed by atoms with van der Waals surface area (Å²) < 4.78 is 2.11. The van der Waals surface area contributed by atoms with Crippen LogP contribution in [0, 0.1) is 12.3 Å². The Bertz CT molecular complexity index is 1330. The van der Waals surface area contributed by atoms with E-state index in [2.05, 4.69) is 36.4 Å². The number of aryl methyl sites for hydroxylation is 1. The quantitative estimate of drug-likeness (QED) is 0.461. The monoisotopic (exact) mass is 477 g/mol. The lowest BCUT2D eigenvalue weighted by Gasteiger charge is -2.39. The van der Waals surface area contributed by atoms with Crippen LogP contribution in [-0.4, -0.2) is 37.4 Å². The van der Waals surface area contributed by atoms with E-state index in [0.717, 1.165) is 65.7 Å². The number of nitrogen functional groups attached to an aromatic ring is 1. The largest absolute Gasteiger partial charge is 0.382 e. The highest BCUT2D eigenvalue weighted by Gasteiger charge is 2.41. The molecule has 1 saturated heterocycles. The number of nitrogens with two attached hydrogens (primary N) is 1. The van der Waals surface area contributed by atoms with Gasteiger partial charge < -0.3 is 10.6 Å². The highest BCUT2D eigenvalue weighted by Crippen LogP contribution is 2.45. The summed E-state index contributed by atoms with van der Waals surface area (Å²) >= 11 is 7.93. The SMILES string of the molecule is Cc1ncn2c(N3CCC4(CC3)Cc3cccnc3C4)ncc(Sc3ccnc(N)c3Cl)c12. The molecular weight excluding hydrogens is 454 g/mol. The fourth-order valence-electron chi connectivity index (χ4n) is 5.22. The zero-order valence-electron chi connectivity index (χ0n) is 18.3. The second-order valence-electron chi connectivity index (χ2n) is 9.03. The smallest absolute Gasteiger partial charge is 0.211 e. The molecule has 4 aromatic rings. The Morgan fingerprint density at radius 2 is 1.88 bits per heavy atom. The van der Waals surface area contributed by atoms with Crippen molar-refractivity contribution in [2.75, 3.05) is 23.7 Å². The van der Waals surface area contributed by atoms with Crippen molar-refractivity contribution in [3.8, 4) is 0 Å². The summed E-state index contributed by atoms with van der Waals surface area (Å²) in [5.41, 5.74) is 11.0. The van der Waals surface area contributed by atoms with Gasteiger partial charge in [0.2, 0.25) is 5.95 Å². The van der Waals surface area contributed by atoms with E-state index in [9.17, 15) is 0 Å². The van der Waals surface area contributed by atoms with Gasteiger partial charge in [0.05, 0.1) is 21.1 Å². The van der Waals surface area contributed by atoms with Crippen LogP contribution in [0.5, 0.6) is 0 Å². The maximum absolute atomic E-state index is 6.39. The van der Waals surface area contributed by atoms with Crippen LogP contribution in [0.25, 0.3) is 5.52 Å². The predicted molar refractivity (Wildman–Crippen MR) is 131 cm³/mol. The summed E-state index contributed by atoms with van der Waals surface area (Å²) in [6.07, 6.45) is 11.9.